The first-order valence-corrected chi connectivity index (χ1v) is 6.69. The van der Waals surface area contributed by atoms with Crippen LogP contribution in [0.15, 0.2) is 0 Å². The number of nitrogens with zero attached hydrogens (tertiary/aromatic N) is 2. The molecule has 1 saturated heterocycles. The lowest BCUT2D eigenvalue weighted by molar-refractivity contribution is 0.0311. The van der Waals surface area contributed by atoms with Crippen LogP contribution in [0, 0.1) is 11.3 Å². The number of hydrogen-bond acceptors (Lipinski definition) is 5. The fourth-order valence-electron chi connectivity index (χ4n) is 1.47. The van der Waals surface area contributed by atoms with Gasteiger partial charge >= 0.3 is 0 Å². The molecule has 1 fully saturated rings. The molecule has 1 aliphatic heterocycles. The summed E-state index contributed by atoms with van der Waals surface area (Å²) in [6, 6.07) is 1.92. The standard InChI is InChI=1S/C9H16N2O4S/c1-14-4-2-6-16(12,13)11-3-5-15-9(7-10)8-11/h9H,2-6,8H2,1H3. The van der Waals surface area contributed by atoms with E-state index in [1.807, 2.05) is 6.07 Å². The first-order chi connectivity index (χ1) is 7.60. The van der Waals surface area contributed by atoms with E-state index < -0.39 is 16.1 Å². The van der Waals surface area contributed by atoms with E-state index in [-0.39, 0.29) is 18.9 Å². The number of ether oxygens (including phenoxy) is 2. The van der Waals surface area contributed by atoms with Gasteiger partial charge in [0.1, 0.15) is 0 Å². The summed E-state index contributed by atoms with van der Waals surface area (Å²) in [5, 5.41) is 8.67. The van der Waals surface area contributed by atoms with Crippen molar-refractivity contribution >= 4 is 10.0 Å². The van der Waals surface area contributed by atoms with Gasteiger partial charge in [-0.2, -0.15) is 9.57 Å². The second-order valence-corrected chi connectivity index (χ2v) is 5.60. The maximum absolute atomic E-state index is 11.8. The monoisotopic (exact) mass is 248 g/mol. The second kappa shape index (κ2) is 6.15. The minimum atomic E-state index is -3.28. The molecule has 1 rings (SSSR count). The van der Waals surface area contributed by atoms with Crippen molar-refractivity contribution in [1.82, 2.24) is 4.31 Å². The number of methoxy groups -OCH3 is 1. The quantitative estimate of drug-likeness (QED) is 0.617. The average molecular weight is 248 g/mol. The highest BCUT2D eigenvalue weighted by molar-refractivity contribution is 7.89. The highest BCUT2D eigenvalue weighted by atomic mass is 32.2. The van der Waals surface area contributed by atoms with Gasteiger partial charge in [-0.3, -0.25) is 0 Å². The molecule has 0 aromatic carbocycles. The zero-order valence-corrected chi connectivity index (χ0v) is 10.1. The molecule has 0 amide bonds. The van der Waals surface area contributed by atoms with Crippen molar-refractivity contribution in [2.75, 3.05) is 39.2 Å². The Bertz CT molecular complexity index is 349. The Balaban J connectivity index is 2.51. The van der Waals surface area contributed by atoms with Gasteiger partial charge < -0.3 is 9.47 Å². The largest absolute Gasteiger partial charge is 0.385 e. The highest BCUT2D eigenvalue weighted by Gasteiger charge is 2.28. The van der Waals surface area contributed by atoms with Gasteiger partial charge in [0.2, 0.25) is 10.0 Å². The molecule has 1 heterocycles. The van der Waals surface area contributed by atoms with E-state index in [0.717, 1.165) is 0 Å². The van der Waals surface area contributed by atoms with Crippen LogP contribution in [0.2, 0.25) is 0 Å². The summed E-state index contributed by atoms with van der Waals surface area (Å²) >= 11 is 0. The van der Waals surface area contributed by atoms with Crippen LogP contribution in [0.5, 0.6) is 0 Å². The van der Waals surface area contributed by atoms with Crippen molar-refractivity contribution in [2.45, 2.75) is 12.5 Å². The van der Waals surface area contributed by atoms with Gasteiger partial charge in [0, 0.05) is 20.3 Å². The lowest BCUT2D eigenvalue weighted by Gasteiger charge is -2.28. The third kappa shape index (κ3) is 3.72. The topological polar surface area (TPSA) is 79.6 Å². The zero-order chi connectivity index (χ0) is 12.0. The summed E-state index contributed by atoms with van der Waals surface area (Å²) in [6.07, 6.45) is -0.182. The van der Waals surface area contributed by atoms with Gasteiger partial charge in [-0.25, -0.2) is 8.42 Å². The molecule has 6 nitrogen and oxygen atoms in total. The van der Waals surface area contributed by atoms with Crippen LogP contribution in [-0.2, 0) is 19.5 Å². The van der Waals surface area contributed by atoms with E-state index in [1.165, 1.54) is 11.4 Å². The van der Waals surface area contributed by atoms with Gasteiger partial charge in [0.05, 0.1) is 25.0 Å². The minimum Gasteiger partial charge on any atom is -0.385 e. The number of morpholine rings is 1. The van der Waals surface area contributed by atoms with Gasteiger partial charge in [0.25, 0.3) is 0 Å². The molecule has 0 N–H and O–H groups in total. The Morgan fingerprint density at radius 1 is 1.62 bits per heavy atom. The number of nitriles is 1. The number of sulfonamides is 1. The third-order valence-corrected chi connectivity index (χ3v) is 4.24. The van der Waals surface area contributed by atoms with E-state index in [2.05, 4.69) is 0 Å². The smallest absolute Gasteiger partial charge is 0.214 e. The molecule has 1 aliphatic rings. The fourth-order valence-corrected chi connectivity index (χ4v) is 2.93. The van der Waals surface area contributed by atoms with E-state index >= 15 is 0 Å². The van der Waals surface area contributed by atoms with Gasteiger partial charge in [-0.05, 0) is 6.42 Å². The Hall–Kier alpha value is -0.680. The Labute approximate surface area is 95.8 Å². The molecule has 0 saturated carbocycles. The molecule has 0 bridgehead atoms. The molecule has 1 atom stereocenters. The molecular weight excluding hydrogens is 232 g/mol. The third-order valence-electron chi connectivity index (χ3n) is 2.32. The van der Waals surface area contributed by atoms with Crippen LogP contribution in [0.1, 0.15) is 6.42 Å². The fraction of sp³-hybridized carbons (Fsp3) is 0.889. The van der Waals surface area contributed by atoms with Gasteiger partial charge in [0.15, 0.2) is 6.10 Å². The highest BCUT2D eigenvalue weighted by Crippen LogP contribution is 2.10. The normalized spacial score (nSPS) is 22.9. The molecule has 1 unspecified atom stereocenters. The zero-order valence-electron chi connectivity index (χ0n) is 9.26. The van der Waals surface area contributed by atoms with Crippen molar-refractivity contribution in [3.63, 3.8) is 0 Å². The SMILES string of the molecule is COCCCS(=O)(=O)N1CCOC(C#N)C1. The van der Waals surface area contributed by atoms with Crippen molar-refractivity contribution < 1.29 is 17.9 Å². The lowest BCUT2D eigenvalue weighted by Crippen LogP contribution is -2.45. The Morgan fingerprint density at radius 3 is 3.00 bits per heavy atom. The van der Waals surface area contributed by atoms with E-state index in [0.29, 0.717) is 19.6 Å². The van der Waals surface area contributed by atoms with Crippen LogP contribution in [0.25, 0.3) is 0 Å². The second-order valence-electron chi connectivity index (χ2n) is 3.51. The predicted octanol–water partition coefficient (Wildman–Crippen LogP) is -0.423. The molecule has 0 radical (unpaired) electrons. The van der Waals surface area contributed by atoms with E-state index in [1.54, 1.807) is 0 Å². The van der Waals surface area contributed by atoms with E-state index in [4.69, 9.17) is 14.7 Å². The molecule has 0 aromatic rings. The number of hydrogen-bond donors (Lipinski definition) is 0. The Morgan fingerprint density at radius 2 is 2.38 bits per heavy atom. The van der Waals surface area contributed by atoms with E-state index in [9.17, 15) is 8.42 Å². The maximum atomic E-state index is 11.8. The van der Waals surface area contributed by atoms with Crippen LogP contribution in [-0.4, -0.2) is 58.0 Å². The summed E-state index contributed by atoms with van der Waals surface area (Å²) in [6.45, 7) is 1.16. The van der Waals surface area contributed by atoms with Crippen molar-refractivity contribution in [3.8, 4) is 6.07 Å². The summed E-state index contributed by atoms with van der Waals surface area (Å²) in [5.41, 5.74) is 0. The van der Waals surface area contributed by atoms with Crippen molar-refractivity contribution in [1.29, 1.82) is 5.26 Å². The lowest BCUT2D eigenvalue weighted by atomic mass is 10.3. The van der Waals surface area contributed by atoms with Gasteiger partial charge in [-0.15, -0.1) is 0 Å². The molecule has 16 heavy (non-hydrogen) atoms. The molecule has 0 aromatic heterocycles. The Kier molecular flexibility index (Phi) is 5.15. The molecule has 0 aliphatic carbocycles. The molecular formula is C9H16N2O4S. The predicted molar refractivity (Wildman–Crippen MR) is 57.2 cm³/mol. The van der Waals surface area contributed by atoms with Crippen LogP contribution >= 0.6 is 0 Å². The summed E-state index contributed by atoms with van der Waals surface area (Å²) in [5.74, 6) is 0.0546. The average Bonchev–Trinajstić information content (AvgIpc) is 2.29. The first kappa shape index (κ1) is 13.4. The van der Waals surface area contributed by atoms with Crippen molar-refractivity contribution in [3.05, 3.63) is 0 Å². The maximum Gasteiger partial charge on any atom is 0.214 e. The van der Waals surface area contributed by atoms with Crippen LogP contribution in [0.3, 0.4) is 0 Å². The summed E-state index contributed by atoms with van der Waals surface area (Å²) in [4.78, 5) is 0. The summed E-state index contributed by atoms with van der Waals surface area (Å²) < 4.78 is 34.9. The van der Waals surface area contributed by atoms with Crippen molar-refractivity contribution in [2.24, 2.45) is 0 Å². The molecule has 92 valence electrons. The minimum absolute atomic E-state index is 0.0546. The van der Waals surface area contributed by atoms with Crippen LogP contribution in [0.4, 0.5) is 0 Å². The number of rotatable bonds is 5. The van der Waals surface area contributed by atoms with Crippen LogP contribution < -0.4 is 0 Å². The summed E-state index contributed by atoms with van der Waals surface area (Å²) in [7, 11) is -1.74. The first-order valence-electron chi connectivity index (χ1n) is 5.08. The molecule has 0 spiro atoms. The molecule has 7 heteroatoms. The van der Waals surface area contributed by atoms with Gasteiger partial charge in [-0.1, -0.05) is 0 Å².